The molecule has 0 spiro atoms. The van der Waals surface area contributed by atoms with Gasteiger partial charge < -0.3 is 19.9 Å². The number of aromatic nitrogens is 1. The molecule has 2 N–H and O–H groups in total. The molecule has 1 aromatic heterocycles. The van der Waals surface area contributed by atoms with Gasteiger partial charge in [-0.25, -0.2) is 8.42 Å². The Labute approximate surface area is 153 Å². The van der Waals surface area contributed by atoms with Crippen LogP contribution in [-0.4, -0.2) is 74.1 Å². The number of nitrogens with zero attached hydrogens (tertiary/aromatic N) is 3. The Hall–Kier alpha value is -1.49. The van der Waals surface area contributed by atoms with E-state index in [0.29, 0.717) is 32.0 Å². The van der Waals surface area contributed by atoms with Crippen molar-refractivity contribution >= 4 is 15.9 Å². The quantitative estimate of drug-likeness (QED) is 0.766. The van der Waals surface area contributed by atoms with Gasteiger partial charge in [-0.2, -0.15) is 4.31 Å². The number of hydrogen-bond acceptors (Lipinski definition) is 7. The molecule has 26 heavy (non-hydrogen) atoms. The molecule has 1 unspecified atom stereocenters. The molecule has 0 aromatic carbocycles. The van der Waals surface area contributed by atoms with Gasteiger partial charge in [0.05, 0.1) is 6.04 Å². The van der Waals surface area contributed by atoms with Crippen molar-refractivity contribution in [1.82, 2.24) is 14.4 Å². The second-order valence-corrected chi connectivity index (χ2v) is 8.73. The molecule has 1 amide bonds. The number of piperazine rings is 1. The van der Waals surface area contributed by atoms with E-state index in [1.807, 2.05) is 0 Å². The molecule has 0 aliphatic carbocycles. The average Bonchev–Trinajstić information content (AvgIpc) is 3.00. The van der Waals surface area contributed by atoms with E-state index in [9.17, 15) is 13.2 Å². The fraction of sp³-hybridized carbons (Fsp3) is 0.750. The van der Waals surface area contributed by atoms with Crippen LogP contribution < -0.4 is 5.73 Å². The predicted octanol–water partition coefficient (Wildman–Crippen LogP) is -0.122. The van der Waals surface area contributed by atoms with Crippen molar-refractivity contribution in [3.63, 3.8) is 0 Å². The van der Waals surface area contributed by atoms with Crippen molar-refractivity contribution in [1.29, 1.82) is 0 Å². The zero-order valence-electron chi connectivity index (χ0n) is 15.2. The van der Waals surface area contributed by atoms with E-state index in [-0.39, 0.29) is 35.6 Å². The lowest BCUT2D eigenvalue weighted by atomic mass is 9.91. The Morgan fingerprint density at radius 2 is 1.81 bits per heavy atom. The minimum absolute atomic E-state index is 0.105. The molecule has 0 saturated carbocycles. The highest BCUT2D eigenvalue weighted by atomic mass is 32.2. The van der Waals surface area contributed by atoms with Gasteiger partial charge in [0.25, 0.3) is 0 Å². The Bertz CT molecular complexity index is 729. The molecule has 2 aliphatic heterocycles. The molecule has 1 atom stereocenters. The molecular weight excluding hydrogens is 360 g/mol. The largest absolute Gasteiger partial charge is 0.381 e. The monoisotopic (exact) mass is 386 g/mol. The van der Waals surface area contributed by atoms with Crippen molar-refractivity contribution in [3.8, 4) is 0 Å². The summed E-state index contributed by atoms with van der Waals surface area (Å²) in [6.07, 6.45) is 1.57. The zero-order valence-corrected chi connectivity index (χ0v) is 16.0. The first kappa shape index (κ1) is 19.3. The number of hydrogen-bond donors (Lipinski definition) is 1. The van der Waals surface area contributed by atoms with Crippen molar-refractivity contribution < 1.29 is 22.5 Å². The van der Waals surface area contributed by atoms with Crippen molar-refractivity contribution in [2.75, 3.05) is 39.4 Å². The topological polar surface area (TPSA) is 119 Å². The molecule has 3 heterocycles. The number of carbonyl (C=O) groups excluding carboxylic acids is 1. The lowest BCUT2D eigenvalue weighted by molar-refractivity contribution is -0.135. The maximum atomic E-state index is 12.8. The summed E-state index contributed by atoms with van der Waals surface area (Å²) in [7, 11) is -3.68. The van der Waals surface area contributed by atoms with Gasteiger partial charge in [0.1, 0.15) is 10.6 Å². The van der Waals surface area contributed by atoms with Crippen LogP contribution in [0.4, 0.5) is 0 Å². The van der Waals surface area contributed by atoms with Crippen LogP contribution >= 0.6 is 0 Å². The van der Waals surface area contributed by atoms with Crippen LogP contribution in [0.3, 0.4) is 0 Å². The molecular formula is C16H26N4O5S. The maximum absolute atomic E-state index is 12.8. The standard InChI is InChI=1S/C16H26N4O5S/c1-11-15(12(2)25-18-11)26(22,23)20-7-5-19(6-8-20)16(21)14(17)13-3-9-24-10-4-13/h13-14H,3-10,17H2,1-2H3. The van der Waals surface area contributed by atoms with Gasteiger partial charge in [0, 0.05) is 39.4 Å². The van der Waals surface area contributed by atoms with E-state index in [0.717, 1.165) is 12.8 Å². The van der Waals surface area contributed by atoms with E-state index in [1.54, 1.807) is 18.7 Å². The van der Waals surface area contributed by atoms with Crippen molar-refractivity contribution in [2.24, 2.45) is 11.7 Å². The van der Waals surface area contributed by atoms with Crippen LogP contribution in [0.1, 0.15) is 24.3 Å². The van der Waals surface area contributed by atoms with Gasteiger partial charge in [-0.1, -0.05) is 5.16 Å². The molecule has 2 saturated heterocycles. The SMILES string of the molecule is Cc1noc(C)c1S(=O)(=O)N1CCN(C(=O)C(N)C2CCOCC2)CC1. The normalized spacial score (nSPS) is 21.7. The van der Waals surface area contributed by atoms with Crippen molar-refractivity contribution in [2.45, 2.75) is 37.6 Å². The summed E-state index contributed by atoms with van der Waals surface area (Å²) >= 11 is 0. The lowest BCUT2D eigenvalue weighted by Crippen LogP contribution is -2.56. The van der Waals surface area contributed by atoms with Crippen LogP contribution in [-0.2, 0) is 19.6 Å². The minimum Gasteiger partial charge on any atom is -0.381 e. The maximum Gasteiger partial charge on any atom is 0.248 e. The molecule has 9 nitrogen and oxygen atoms in total. The van der Waals surface area contributed by atoms with Gasteiger partial charge in [-0.05, 0) is 32.6 Å². The molecule has 3 rings (SSSR count). The third-order valence-corrected chi connectivity index (χ3v) is 7.32. The number of amides is 1. The summed E-state index contributed by atoms with van der Waals surface area (Å²) in [6.45, 7) is 5.59. The van der Waals surface area contributed by atoms with Gasteiger partial charge in [0.2, 0.25) is 15.9 Å². The number of nitrogens with two attached hydrogens (primary N) is 1. The van der Waals surface area contributed by atoms with E-state index in [4.69, 9.17) is 15.0 Å². The third kappa shape index (κ3) is 3.64. The van der Waals surface area contributed by atoms with E-state index < -0.39 is 16.1 Å². The molecule has 0 bridgehead atoms. The predicted molar refractivity (Wildman–Crippen MR) is 92.8 cm³/mol. The molecule has 2 aliphatic rings. The average molecular weight is 386 g/mol. The summed E-state index contributed by atoms with van der Waals surface area (Å²) in [5.74, 6) is 0.300. The van der Waals surface area contributed by atoms with Gasteiger partial charge >= 0.3 is 0 Å². The number of aryl methyl sites for hydroxylation is 2. The van der Waals surface area contributed by atoms with Crippen LogP contribution in [0, 0.1) is 19.8 Å². The molecule has 2 fully saturated rings. The second-order valence-electron chi connectivity index (χ2n) is 6.86. The fourth-order valence-electron chi connectivity index (χ4n) is 3.61. The summed E-state index contributed by atoms with van der Waals surface area (Å²) in [4.78, 5) is 14.4. The van der Waals surface area contributed by atoms with Gasteiger partial charge in [-0.3, -0.25) is 4.79 Å². The first-order chi connectivity index (χ1) is 12.3. The third-order valence-electron chi connectivity index (χ3n) is 5.18. The molecule has 146 valence electrons. The van der Waals surface area contributed by atoms with Crippen LogP contribution in [0.2, 0.25) is 0 Å². The first-order valence-corrected chi connectivity index (χ1v) is 10.3. The molecule has 10 heteroatoms. The van der Waals surface area contributed by atoms with Gasteiger partial charge in [-0.15, -0.1) is 0 Å². The smallest absolute Gasteiger partial charge is 0.248 e. The summed E-state index contributed by atoms with van der Waals surface area (Å²) < 4.78 is 37.3. The zero-order chi connectivity index (χ0) is 18.9. The minimum atomic E-state index is -3.68. The highest BCUT2D eigenvalue weighted by Gasteiger charge is 2.36. The highest BCUT2D eigenvalue weighted by Crippen LogP contribution is 2.25. The second kappa shape index (κ2) is 7.63. The van der Waals surface area contributed by atoms with Crippen molar-refractivity contribution in [3.05, 3.63) is 11.5 Å². The summed E-state index contributed by atoms with van der Waals surface area (Å²) in [5, 5.41) is 3.72. The van der Waals surface area contributed by atoms with E-state index in [2.05, 4.69) is 5.16 Å². The van der Waals surface area contributed by atoms with E-state index >= 15 is 0 Å². The number of sulfonamides is 1. The number of carbonyl (C=O) groups is 1. The van der Waals surface area contributed by atoms with E-state index in [1.165, 1.54) is 4.31 Å². The number of ether oxygens (including phenoxy) is 1. The van der Waals surface area contributed by atoms with Crippen LogP contribution in [0.15, 0.2) is 9.42 Å². The molecule has 0 radical (unpaired) electrons. The summed E-state index contributed by atoms with van der Waals surface area (Å²) in [5.41, 5.74) is 6.51. The number of rotatable bonds is 4. The van der Waals surface area contributed by atoms with Crippen LogP contribution in [0.5, 0.6) is 0 Å². The Balaban J connectivity index is 1.63. The van der Waals surface area contributed by atoms with Gasteiger partial charge in [0.15, 0.2) is 5.76 Å². The van der Waals surface area contributed by atoms with Crippen LogP contribution in [0.25, 0.3) is 0 Å². The summed E-state index contributed by atoms with van der Waals surface area (Å²) in [6, 6.07) is -0.551. The highest BCUT2D eigenvalue weighted by molar-refractivity contribution is 7.89. The Morgan fingerprint density at radius 1 is 1.19 bits per heavy atom. The Kier molecular flexibility index (Phi) is 5.66. The first-order valence-electron chi connectivity index (χ1n) is 8.87. The molecule has 1 aromatic rings. The Morgan fingerprint density at radius 3 is 2.35 bits per heavy atom. The fourth-order valence-corrected chi connectivity index (χ4v) is 5.32. The lowest BCUT2D eigenvalue weighted by Gasteiger charge is -2.37.